The number of carbonyl (C=O) groups excluding carboxylic acids is 3. The maximum absolute atomic E-state index is 12.7. The van der Waals surface area contributed by atoms with Crippen LogP contribution in [0, 0.1) is 5.92 Å². The molecule has 4 rings (SSSR count). The van der Waals surface area contributed by atoms with E-state index in [-0.39, 0.29) is 61.2 Å². The number of hydrogen-bond donors (Lipinski definition) is 1. The molecule has 3 amide bonds. The van der Waals surface area contributed by atoms with Crippen molar-refractivity contribution < 1.29 is 14.4 Å². The molecule has 0 radical (unpaired) electrons. The van der Waals surface area contributed by atoms with Gasteiger partial charge in [0.15, 0.2) is 0 Å². The van der Waals surface area contributed by atoms with Crippen LogP contribution in [0.15, 0.2) is 24.3 Å². The molecule has 1 aromatic rings. The van der Waals surface area contributed by atoms with Crippen LogP contribution in [-0.4, -0.2) is 46.9 Å². The predicted molar refractivity (Wildman–Crippen MR) is 96.9 cm³/mol. The first kappa shape index (κ1) is 19.7. The number of imide groups is 1. The highest BCUT2D eigenvalue weighted by Gasteiger charge is 2.41. The summed E-state index contributed by atoms with van der Waals surface area (Å²) in [6.45, 7) is 0.425. The zero-order valence-corrected chi connectivity index (χ0v) is 15.3. The van der Waals surface area contributed by atoms with E-state index < -0.39 is 0 Å². The first-order valence-electron chi connectivity index (χ1n) is 8.14. The monoisotopic (exact) mass is 385 g/mol. The molecule has 0 bridgehead atoms. The normalized spacial score (nSPS) is 25.0. The summed E-state index contributed by atoms with van der Waals surface area (Å²) in [6.07, 6.45) is 4.13. The Bertz CT molecular complexity index is 662. The summed E-state index contributed by atoms with van der Waals surface area (Å²) in [6, 6.07) is 7.04. The van der Waals surface area contributed by atoms with Crippen LogP contribution in [0.25, 0.3) is 0 Å². The predicted octanol–water partition coefficient (Wildman–Crippen LogP) is 2.03. The smallest absolute Gasteiger partial charge is 0.263 e. The van der Waals surface area contributed by atoms with E-state index in [1.165, 1.54) is 4.90 Å². The van der Waals surface area contributed by atoms with Crippen LogP contribution in [0.4, 0.5) is 0 Å². The molecule has 6 nitrogen and oxygen atoms in total. The minimum absolute atomic E-state index is 0. The lowest BCUT2D eigenvalue weighted by Crippen LogP contribution is -2.60. The second-order valence-corrected chi connectivity index (χ2v) is 6.46. The third kappa shape index (κ3) is 3.26. The zero-order valence-electron chi connectivity index (χ0n) is 13.6. The van der Waals surface area contributed by atoms with Gasteiger partial charge in [0, 0.05) is 6.04 Å². The molecule has 0 spiro atoms. The summed E-state index contributed by atoms with van der Waals surface area (Å²) < 4.78 is 0. The number of carbonyl (C=O) groups is 3. The number of benzene rings is 1. The SMILES string of the molecule is Cl.Cl.O=C1C2CCCCC2NCN1CN1C(=O)c2ccccc2C1=O. The van der Waals surface area contributed by atoms with Crippen molar-refractivity contribution >= 4 is 42.5 Å². The Morgan fingerprint density at radius 2 is 1.56 bits per heavy atom. The van der Waals surface area contributed by atoms with E-state index >= 15 is 0 Å². The van der Waals surface area contributed by atoms with Crippen LogP contribution in [0.1, 0.15) is 46.4 Å². The van der Waals surface area contributed by atoms with Gasteiger partial charge in [-0.15, -0.1) is 24.8 Å². The van der Waals surface area contributed by atoms with Gasteiger partial charge in [-0.25, -0.2) is 0 Å². The molecule has 1 saturated heterocycles. The fourth-order valence-corrected chi connectivity index (χ4v) is 3.87. The van der Waals surface area contributed by atoms with Gasteiger partial charge in [0.2, 0.25) is 5.91 Å². The van der Waals surface area contributed by atoms with E-state index in [9.17, 15) is 14.4 Å². The van der Waals surface area contributed by atoms with Crippen LogP contribution in [0.2, 0.25) is 0 Å². The highest BCUT2D eigenvalue weighted by molar-refractivity contribution is 6.21. The van der Waals surface area contributed by atoms with Crippen molar-refractivity contribution in [2.24, 2.45) is 5.92 Å². The molecule has 0 aromatic heterocycles. The van der Waals surface area contributed by atoms with E-state index in [1.54, 1.807) is 29.2 Å². The maximum atomic E-state index is 12.7. The molecule has 2 aliphatic heterocycles. The Morgan fingerprint density at radius 1 is 0.960 bits per heavy atom. The third-order valence-corrected chi connectivity index (χ3v) is 5.13. The quantitative estimate of drug-likeness (QED) is 0.790. The van der Waals surface area contributed by atoms with E-state index in [0.717, 1.165) is 25.7 Å². The van der Waals surface area contributed by atoms with Crippen LogP contribution < -0.4 is 5.32 Å². The maximum Gasteiger partial charge on any atom is 0.263 e. The van der Waals surface area contributed by atoms with Crippen molar-refractivity contribution in [3.05, 3.63) is 35.4 Å². The summed E-state index contributed by atoms with van der Waals surface area (Å²) >= 11 is 0. The summed E-state index contributed by atoms with van der Waals surface area (Å²) in [5.74, 6) is -0.592. The summed E-state index contributed by atoms with van der Waals surface area (Å²) in [7, 11) is 0. The van der Waals surface area contributed by atoms with Crippen molar-refractivity contribution in [1.82, 2.24) is 15.1 Å². The van der Waals surface area contributed by atoms with Gasteiger partial charge in [-0.3, -0.25) is 24.6 Å². The van der Waals surface area contributed by atoms with Gasteiger partial charge in [-0.05, 0) is 25.0 Å². The Morgan fingerprint density at radius 3 is 2.20 bits per heavy atom. The number of nitrogens with one attached hydrogen (secondary N) is 1. The van der Waals surface area contributed by atoms with Gasteiger partial charge in [0.25, 0.3) is 11.8 Å². The molecule has 1 N–H and O–H groups in total. The lowest BCUT2D eigenvalue weighted by Gasteiger charge is -2.41. The molecule has 25 heavy (non-hydrogen) atoms. The molecule has 2 atom stereocenters. The number of amides is 3. The number of hydrogen-bond acceptors (Lipinski definition) is 4. The second kappa shape index (κ2) is 7.72. The van der Waals surface area contributed by atoms with Crippen LogP contribution in [-0.2, 0) is 4.79 Å². The number of halogens is 2. The highest BCUT2D eigenvalue weighted by Crippen LogP contribution is 2.29. The van der Waals surface area contributed by atoms with E-state index in [4.69, 9.17) is 0 Å². The first-order valence-corrected chi connectivity index (χ1v) is 8.14. The zero-order chi connectivity index (χ0) is 16.0. The van der Waals surface area contributed by atoms with Crippen molar-refractivity contribution in [1.29, 1.82) is 0 Å². The molecule has 1 saturated carbocycles. The molecular weight excluding hydrogens is 365 g/mol. The topological polar surface area (TPSA) is 69.7 Å². The van der Waals surface area contributed by atoms with Gasteiger partial charge in [-0.2, -0.15) is 0 Å². The minimum Gasteiger partial charge on any atom is -0.311 e. The molecule has 1 aliphatic carbocycles. The summed E-state index contributed by atoms with van der Waals surface area (Å²) in [5.41, 5.74) is 0.843. The molecule has 2 fully saturated rings. The lowest BCUT2D eigenvalue weighted by molar-refractivity contribution is -0.143. The molecular formula is C17H21Cl2N3O3. The average Bonchev–Trinajstić information content (AvgIpc) is 2.83. The Hall–Kier alpha value is -1.63. The minimum atomic E-state index is -0.316. The van der Waals surface area contributed by atoms with Crippen molar-refractivity contribution in [2.45, 2.75) is 31.7 Å². The van der Waals surface area contributed by atoms with Crippen molar-refractivity contribution in [3.8, 4) is 0 Å². The highest BCUT2D eigenvalue weighted by atomic mass is 35.5. The standard InChI is InChI=1S/C17H19N3O3.2ClH/c21-15-13-7-3-4-8-14(13)18-9-19(15)10-20-16(22)11-5-1-2-6-12(11)17(20)23;;/h1-2,5-6,13-14,18H,3-4,7-10H2;2*1H. The molecule has 3 aliphatic rings. The van der Waals surface area contributed by atoms with Crippen LogP contribution in [0.5, 0.6) is 0 Å². The largest absolute Gasteiger partial charge is 0.311 e. The number of fused-ring (bicyclic) bond motifs is 2. The first-order chi connectivity index (χ1) is 11.2. The van der Waals surface area contributed by atoms with Crippen molar-refractivity contribution in [3.63, 3.8) is 0 Å². The number of rotatable bonds is 2. The molecule has 1 aromatic carbocycles. The lowest BCUT2D eigenvalue weighted by atomic mass is 9.82. The molecule has 136 valence electrons. The van der Waals surface area contributed by atoms with Gasteiger partial charge >= 0.3 is 0 Å². The molecule has 2 heterocycles. The van der Waals surface area contributed by atoms with Crippen LogP contribution >= 0.6 is 24.8 Å². The summed E-state index contributed by atoms with van der Waals surface area (Å²) in [4.78, 5) is 40.3. The average molecular weight is 386 g/mol. The Kier molecular flexibility index (Phi) is 6.08. The third-order valence-electron chi connectivity index (χ3n) is 5.13. The van der Waals surface area contributed by atoms with Crippen molar-refractivity contribution in [2.75, 3.05) is 13.3 Å². The second-order valence-electron chi connectivity index (χ2n) is 6.46. The van der Waals surface area contributed by atoms with E-state index in [2.05, 4.69) is 5.32 Å². The fraction of sp³-hybridized carbons (Fsp3) is 0.471. The Balaban J connectivity index is 0.00000113. The van der Waals surface area contributed by atoms with Gasteiger partial charge in [0.05, 0.1) is 23.7 Å². The van der Waals surface area contributed by atoms with Gasteiger partial charge in [0.1, 0.15) is 6.67 Å². The number of nitrogens with zero attached hydrogens (tertiary/aromatic N) is 2. The van der Waals surface area contributed by atoms with E-state index in [1.807, 2.05) is 0 Å². The molecule has 2 unspecified atom stereocenters. The summed E-state index contributed by atoms with van der Waals surface area (Å²) in [5, 5.41) is 3.38. The fourth-order valence-electron chi connectivity index (χ4n) is 3.87. The van der Waals surface area contributed by atoms with Gasteiger partial charge < -0.3 is 4.90 Å². The molecule has 8 heteroatoms. The van der Waals surface area contributed by atoms with Gasteiger partial charge in [-0.1, -0.05) is 25.0 Å². The van der Waals surface area contributed by atoms with Crippen LogP contribution in [0.3, 0.4) is 0 Å². The van der Waals surface area contributed by atoms with E-state index in [0.29, 0.717) is 17.8 Å². The Labute approximate surface area is 158 Å².